The first-order valence-electron chi connectivity index (χ1n) is 5.15. The second-order valence-corrected chi connectivity index (χ2v) is 5.00. The Morgan fingerprint density at radius 3 is 2.67 bits per heavy atom. The van der Waals surface area contributed by atoms with Crippen LogP contribution in [0.5, 0.6) is 0 Å². The third-order valence-electron chi connectivity index (χ3n) is 2.18. The van der Waals surface area contributed by atoms with Crippen LogP contribution in [0, 0.1) is 24.6 Å². The summed E-state index contributed by atoms with van der Waals surface area (Å²) in [4.78, 5) is 5.78. The Bertz CT molecular complexity index is 685. The number of thiocarbonyl (C=S) groups is 1. The lowest BCUT2D eigenvalue weighted by molar-refractivity contribution is 0.629. The molecule has 2 aromatic rings. The molecular formula is C14H8FNS2. The van der Waals surface area contributed by atoms with Gasteiger partial charge in [-0.3, -0.25) is 0 Å². The van der Waals surface area contributed by atoms with Crippen LogP contribution >= 0.6 is 23.6 Å². The second kappa shape index (κ2) is 5.70. The smallest absolute Gasteiger partial charge is 0.150 e. The summed E-state index contributed by atoms with van der Waals surface area (Å²) < 4.78 is 13.5. The summed E-state index contributed by atoms with van der Waals surface area (Å²) >= 11 is 6.05. The van der Waals surface area contributed by atoms with Crippen LogP contribution in [0.1, 0.15) is 15.3 Å². The van der Waals surface area contributed by atoms with Gasteiger partial charge in [0.2, 0.25) is 0 Å². The number of benzene rings is 1. The van der Waals surface area contributed by atoms with Gasteiger partial charge >= 0.3 is 0 Å². The Morgan fingerprint density at radius 2 is 2.06 bits per heavy atom. The first kappa shape index (κ1) is 12.7. The van der Waals surface area contributed by atoms with Crippen LogP contribution in [0.25, 0.3) is 0 Å². The van der Waals surface area contributed by atoms with E-state index in [1.165, 1.54) is 17.0 Å². The van der Waals surface area contributed by atoms with Crippen molar-refractivity contribution in [3.8, 4) is 11.8 Å². The van der Waals surface area contributed by atoms with Gasteiger partial charge in [-0.1, -0.05) is 11.8 Å². The van der Waals surface area contributed by atoms with Gasteiger partial charge in [0, 0.05) is 10.4 Å². The van der Waals surface area contributed by atoms with Crippen molar-refractivity contribution in [1.82, 2.24) is 0 Å². The number of aryl methyl sites for hydroxylation is 1. The predicted octanol–water partition coefficient (Wildman–Crippen LogP) is 4.33. The zero-order valence-electron chi connectivity index (χ0n) is 9.53. The molecule has 0 aliphatic carbocycles. The number of hydrogen-bond donors (Lipinski definition) is 0. The van der Waals surface area contributed by atoms with Gasteiger partial charge in [0.25, 0.3) is 0 Å². The summed E-state index contributed by atoms with van der Waals surface area (Å²) in [7, 11) is 0. The molecule has 0 bridgehead atoms. The van der Waals surface area contributed by atoms with E-state index in [-0.39, 0.29) is 5.69 Å². The number of rotatable bonds is 1. The maximum Gasteiger partial charge on any atom is 0.150 e. The van der Waals surface area contributed by atoms with Gasteiger partial charge in [-0.15, -0.1) is 11.3 Å². The summed E-state index contributed by atoms with van der Waals surface area (Å²) in [6.07, 6.45) is 0. The molecule has 0 aliphatic rings. The third kappa shape index (κ3) is 3.12. The molecule has 0 amide bonds. The monoisotopic (exact) mass is 273 g/mol. The third-order valence-corrected chi connectivity index (χ3v) is 3.19. The quantitative estimate of drug-likeness (QED) is 0.428. The Balaban J connectivity index is 2.28. The summed E-state index contributed by atoms with van der Waals surface area (Å²) in [5.74, 6) is 5.47. The summed E-state index contributed by atoms with van der Waals surface area (Å²) in [5, 5.41) is 2.14. The Morgan fingerprint density at radius 1 is 1.22 bits per heavy atom. The molecule has 88 valence electrons. The summed E-state index contributed by atoms with van der Waals surface area (Å²) in [6, 6.07) is 8.56. The van der Waals surface area contributed by atoms with E-state index in [0.29, 0.717) is 5.56 Å². The first-order valence-corrected chi connectivity index (χ1v) is 6.37. The fourth-order valence-electron chi connectivity index (χ4n) is 1.36. The molecule has 0 radical (unpaired) electrons. The highest BCUT2D eigenvalue weighted by Gasteiger charge is 2.00. The lowest BCUT2D eigenvalue weighted by atomic mass is 10.2. The Hall–Kier alpha value is -1.79. The van der Waals surface area contributed by atoms with Crippen molar-refractivity contribution in [3.05, 3.63) is 51.5 Å². The Labute approximate surface area is 114 Å². The zero-order chi connectivity index (χ0) is 13.0. The van der Waals surface area contributed by atoms with E-state index in [1.54, 1.807) is 17.4 Å². The molecule has 0 spiro atoms. The minimum atomic E-state index is -0.443. The molecule has 1 aromatic carbocycles. The number of halogens is 1. The molecule has 0 unspecified atom stereocenters. The summed E-state index contributed by atoms with van der Waals surface area (Å²) in [6.45, 7) is 2.02. The van der Waals surface area contributed by atoms with E-state index in [2.05, 4.69) is 34.2 Å². The van der Waals surface area contributed by atoms with Crippen LogP contribution in [0.15, 0.2) is 35.3 Å². The van der Waals surface area contributed by atoms with Crippen molar-refractivity contribution in [1.29, 1.82) is 0 Å². The van der Waals surface area contributed by atoms with Gasteiger partial charge in [-0.25, -0.2) is 4.39 Å². The van der Waals surface area contributed by atoms with Gasteiger partial charge in [-0.2, -0.15) is 4.99 Å². The number of nitrogens with zero attached hydrogens (tertiary/aromatic N) is 1. The van der Waals surface area contributed by atoms with Crippen LogP contribution in [-0.4, -0.2) is 5.16 Å². The van der Waals surface area contributed by atoms with Crippen molar-refractivity contribution in [2.45, 2.75) is 6.92 Å². The molecule has 0 fully saturated rings. The van der Waals surface area contributed by atoms with Crippen LogP contribution in [0.3, 0.4) is 0 Å². The maximum atomic E-state index is 13.5. The molecule has 0 saturated heterocycles. The lowest BCUT2D eigenvalue weighted by Crippen LogP contribution is -1.79. The highest BCUT2D eigenvalue weighted by molar-refractivity contribution is 7.78. The lowest BCUT2D eigenvalue weighted by Gasteiger charge is -1.95. The van der Waals surface area contributed by atoms with Crippen molar-refractivity contribution in [2.75, 3.05) is 0 Å². The number of thiophene rings is 1. The second-order valence-electron chi connectivity index (χ2n) is 3.53. The van der Waals surface area contributed by atoms with Crippen molar-refractivity contribution >= 4 is 34.4 Å². The van der Waals surface area contributed by atoms with E-state index >= 15 is 0 Å². The van der Waals surface area contributed by atoms with Gasteiger partial charge in [0.05, 0.1) is 10.0 Å². The van der Waals surface area contributed by atoms with Crippen molar-refractivity contribution < 1.29 is 4.39 Å². The minimum absolute atomic E-state index is 0.183. The van der Waals surface area contributed by atoms with E-state index in [4.69, 9.17) is 0 Å². The molecule has 1 heterocycles. The largest absolute Gasteiger partial charge is 0.205 e. The Kier molecular flexibility index (Phi) is 4.01. The average molecular weight is 273 g/mol. The molecule has 0 aliphatic heterocycles. The highest BCUT2D eigenvalue weighted by Crippen LogP contribution is 2.18. The molecule has 0 atom stereocenters. The van der Waals surface area contributed by atoms with Crippen LogP contribution in [-0.2, 0) is 0 Å². The fourth-order valence-corrected chi connectivity index (χ4v) is 2.18. The van der Waals surface area contributed by atoms with E-state index in [0.717, 1.165) is 4.88 Å². The first-order chi connectivity index (χ1) is 8.69. The number of isothiocyanates is 1. The molecule has 1 nitrogen and oxygen atoms in total. The predicted molar refractivity (Wildman–Crippen MR) is 76.1 cm³/mol. The average Bonchev–Trinajstić information content (AvgIpc) is 2.76. The van der Waals surface area contributed by atoms with E-state index < -0.39 is 5.82 Å². The molecule has 2 rings (SSSR count). The molecule has 18 heavy (non-hydrogen) atoms. The molecule has 0 N–H and O–H groups in total. The van der Waals surface area contributed by atoms with Gasteiger partial charge < -0.3 is 0 Å². The van der Waals surface area contributed by atoms with E-state index in [9.17, 15) is 4.39 Å². The van der Waals surface area contributed by atoms with Crippen LogP contribution < -0.4 is 0 Å². The SMILES string of the molecule is Cc1ccc(C#Cc2ccc(N=C=S)c(F)c2)s1. The fraction of sp³-hybridized carbons (Fsp3) is 0.0714. The maximum absolute atomic E-state index is 13.5. The van der Waals surface area contributed by atoms with Gasteiger partial charge in [0.15, 0.2) is 5.82 Å². The minimum Gasteiger partial charge on any atom is -0.205 e. The molecule has 1 aromatic heterocycles. The van der Waals surface area contributed by atoms with Crippen LogP contribution in [0.2, 0.25) is 0 Å². The zero-order valence-corrected chi connectivity index (χ0v) is 11.2. The molecule has 4 heteroatoms. The number of hydrogen-bond acceptors (Lipinski definition) is 3. The van der Waals surface area contributed by atoms with E-state index in [1.807, 2.05) is 19.1 Å². The van der Waals surface area contributed by atoms with Crippen molar-refractivity contribution in [3.63, 3.8) is 0 Å². The van der Waals surface area contributed by atoms with Crippen molar-refractivity contribution in [2.24, 2.45) is 4.99 Å². The standard InChI is InChI=1S/C14H8FNS2/c1-10-2-5-12(18-10)6-3-11-4-7-14(16-9-17)13(15)8-11/h2,4-5,7-8H,1H3. The van der Waals surface area contributed by atoms with Crippen LogP contribution in [0.4, 0.5) is 10.1 Å². The molecular weight excluding hydrogens is 265 g/mol. The normalized spacial score (nSPS) is 9.22. The van der Waals surface area contributed by atoms with Gasteiger partial charge in [0.1, 0.15) is 5.69 Å². The summed E-state index contributed by atoms with van der Waals surface area (Å²) in [5.41, 5.74) is 0.796. The van der Waals surface area contributed by atoms with Gasteiger partial charge in [-0.05, 0) is 49.5 Å². The topological polar surface area (TPSA) is 12.4 Å². The molecule has 0 saturated carbocycles. The number of aliphatic imine (C=N–C) groups is 1. The highest BCUT2D eigenvalue weighted by atomic mass is 32.1.